The predicted octanol–water partition coefficient (Wildman–Crippen LogP) is 3.99. The highest BCUT2D eigenvalue weighted by Gasteiger charge is 2.30. The molecule has 0 aliphatic heterocycles. The smallest absolute Gasteiger partial charge is 0.306 e. The summed E-state index contributed by atoms with van der Waals surface area (Å²) in [6, 6.07) is 8.38. The van der Waals surface area contributed by atoms with Crippen molar-refractivity contribution in [3.05, 3.63) is 34.3 Å². The number of rotatable bonds is 5. The molecule has 110 valence electrons. The van der Waals surface area contributed by atoms with E-state index in [1.165, 1.54) is 5.56 Å². The molecular weight excluding hydrogens is 318 g/mol. The Balaban J connectivity index is 1.94. The Kier molecular flexibility index (Phi) is 5.61. The van der Waals surface area contributed by atoms with Crippen molar-refractivity contribution in [3.63, 3.8) is 0 Å². The SMILES string of the molecule is CC(NCC1CCCCC1C(=O)O)c1ccccc1Br. The molecule has 20 heavy (non-hydrogen) atoms. The van der Waals surface area contributed by atoms with Gasteiger partial charge in [0.2, 0.25) is 0 Å². The van der Waals surface area contributed by atoms with Gasteiger partial charge in [-0.1, -0.05) is 47.0 Å². The van der Waals surface area contributed by atoms with Crippen LogP contribution in [0.15, 0.2) is 28.7 Å². The number of carboxylic acids is 1. The molecule has 0 aromatic heterocycles. The molecule has 1 aromatic rings. The standard InChI is InChI=1S/C16H22BrNO2/c1-11(13-7-4-5-9-15(13)17)18-10-12-6-2-3-8-14(12)16(19)20/h4-5,7,9,11-12,14,18H,2-3,6,8,10H2,1H3,(H,19,20). The second-order valence-electron chi connectivity index (χ2n) is 5.64. The third-order valence-electron chi connectivity index (χ3n) is 4.28. The first-order chi connectivity index (χ1) is 9.59. The fraction of sp³-hybridized carbons (Fsp3) is 0.562. The van der Waals surface area contributed by atoms with Crippen LogP contribution in [0.5, 0.6) is 0 Å². The molecule has 0 saturated heterocycles. The molecule has 0 radical (unpaired) electrons. The van der Waals surface area contributed by atoms with Gasteiger partial charge in [-0.15, -0.1) is 0 Å². The molecule has 1 fully saturated rings. The molecular formula is C16H22BrNO2. The number of hydrogen-bond donors (Lipinski definition) is 2. The van der Waals surface area contributed by atoms with E-state index in [4.69, 9.17) is 0 Å². The molecule has 0 spiro atoms. The summed E-state index contributed by atoms with van der Waals surface area (Å²) < 4.78 is 1.10. The minimum atomic E-state index is -0.634. The molecule has 0 heterocycles. The summed E-state index contributed by atoms with van der Waals surface area (Å²) >= 11 is 3.56. The van der Waals surface area contributed by atoms with Gasteiger partial charge in [0.05, 0.1) is 5.92 Å². The minimum Gasteiger partial charge on any atom is -0.481 e. The van der Waals surface area contributed by atoms with Gasteiger partial charge < -0.3 is 10.4 Å². The van der Waals surface area contributed by atoms with Gasteiger partial charge in [-0.05, 0) is 43.9 Å². The van der Waals surface area contributed by atoms with E-state index in [1.54, 1.807) is 0 Å². The average molecular weight is 340 g/mol. The maximum atomic E-state index is 11.3. The van der Waals surface area contributed by atoms with E-state index >= 15 is 0 Å². The summed E-state index contributed by atoms with van der Waals surface area (Å²) in [6.07, 6.45) is 4.05. The van der Waals surface area contributed by atoms with Crippen LogP contribution in [0.2, 0.25) is 0 Å². The first-order valence-corrected chi connectivity index (χ1v) is 8.09. The Bertz CT molecular complexity index is 464. The largest absolute Gasteiger partial charge is 0.481 e. The molecule has 0 bridgehead atoms. The number of hydrogen-bond acceptors (Lipinski definition) is 2. The van der Waals surface area contributed by atoms with Crippen LogP contribution in [0.4, 0.5) is 0 Å². The Morgan fingerprint density at radius 2 is 2.10 bits per heavy atom. The highest BCUT2D eigenvalue weighted by atomic mass is 79.9. The second-order valence-corrected chi connectivity index (χ2v) is 6.50. The van der Waals surface area contributed by atoms with E-state index in [2.05, 4.69) is 34.2 Å². The van der Waals surface area contributed by atoms with Gasteiger partial charge in [0.1, 0.15) is 0 Å². The normalized spacial score (nSPS) is 24.3. The molecule has 3 atom stereocenters. The van der Waals surface area contributed by atoms with Gasteiger partial charge in [-0.25, -0.2) is 0 Å². The maximum Gasteiger partial charge on any atom is 0.306 e. The van der Waals surface area contributed by atoms with Gasteiger partial charge in [0, 0.05) is 10.5 Å². The lowest BCUT2D eigenvalue weighted by Crippen LogP contribution is -2.35. The second kappa shape index (κ2) is 7.23. The first-order valence-electron chi connectivity index (χ1n) is 7.30. The van der Waals surface area contributed by atoms with Crippen molar-refractivity contribution >= 4 is 21.9 Å². The first kappa shape index (κ1) is 15.5. The molecule has 1 aromatic carbocycles. The van der Waals surface area contributed by atoms with Crippen molar-refractivity contribution in [2.45, 2.75) is 38.6 Å². The summed E-state index contributed by atoms with van der Waals surface area (Å²) in [6.45, 7) is 2.90. The number of aliphatic carboxylic acids is 1. The van der Waals surface area contributed by atoms with Crippen molar-refractivity contribution in [2.24, 2.45) is 11.8 Å². The van der Waals surface area contributed by atoms with Gasteiger partial charge in [0.15, 0.2) is 0 Å². The highest BCUT2D eigenvalue weighted by molar-refractivity contribution is 9.10. The number of nitrogens with one attached hydrogen (secondary N) is 1. The van der Waals surface area contributed by atoms with Crippen LogP contribution < -0.4 is 5.32 Å². The predicted molar refractivity (Wildman–Crippen MR) is 83.6 cm³/mol. The molecule has 1 aliphatic carbocycles. The van der Waals surface area contributed by atoms with E-state index < -0.39 is 5.97 Å². The molecule has 1 saturated carbocycles. The van der Waals surface area contributed by atoms with Crippen molar-refractivity contribution < 1.29 is 9.90 Å². The lowest BCUT2D eigenvalue weighted by atomic mass is 9.79. The number of benzene rings is 1. The van der Waals surface area contributed by atoms with Crippen LogP contribution in [0, 0.1) is 11.8 Å². The monoisotopic (exact) mass is 339 g/mol. The Hall–Kier alpha value is -0.870. The highest BCUT2D eigenvalue weighted by Crippen LogP contribution is 2.30. The molecule has 2 N–H and O–H groups in total. The zero-order valence-electron chi connectivity index (χ0n) is 11.8. The van der Waals surface area contributed by atoms with Crippen molar-refractivity contribution in [3.8, 4) is 0 Å². The number of carboxylic acid groups (broad SMARTS) is 1. The molecule has 3 unspecified atom stereocenters. The third-order valence-corrected chi connectivity index (χ3v) is 5.01. The summed E-state index contributed by atoms with van der Waals surface area (Å²) in [5.41, 5.74) is 1.22. The zero-order valence-corrected chi connectivity index (χ0v) is 13.4. The molecule has 1 aliphatic rings. The summed E-state index contributed by atoms with van der Waals surface area (Å²) in [7, 11) is 0. The Morgan fingerprint density at radius 3 is 2.80 bits per heavy atom. The summed E-state index contributed by atoms with van der Waals surface area (Å²) in [4.78, 5) is 11.3. The van der Waals surface area contributed by atoms with Gasteiger partial charge in [-0.2, -0.15) is 0 Å². The average Bonchev–Trinajstić information content (AvgIpc) is 2.45. The molecule has 4 heteroatoms. The van der Waals surface area contributed by atoms with Crippen LogP contribution >= 0.6 is 15.9 Å². The lowest BCUT2D eigenvalue weighted by molar-refractivity contribution is -0.144. The van der Waals surface area contributed by atoms with E-state index in [9.17, 15) is 9.90 Å². The van der Waals surface area contributed by atoms with Crippen LogP contribution in [0.1, 0.15) is 44.2 Å². The minimum absolute atomic E-state index is 0.178. The fourth-order valence-electron chi connectivity index (χ4n) is 3.04. The Morgan fingerprint density at radius 1 is 1.40 bits per heavy atom. The van der Waals surface area contributed by atoms with Crippen molar-refractivity contribution in [1.82, 2.24) is 5.32 Å². The van der Waals surface area contributed by atoms with Crippen LogP contribution in [0.25, 0.3) is 0 Å². The Labute approximate surface area is 128 Å². The van der Waals surface area contributed by atoms with Crippen LogP contribution in [0.3, 0.4) is 0 Å². The summed E-state index contributed by atoms with van der Waals surface area (Å²) in [5, 5.41) is 12.8. The summed E-state index contributed by atoms with van der Waals surface area (Å²) in [5.74, 6) is -0.557. The lowest BCUT2D eigenvalue weighted by Gasteiger charge is -2.30. The van der Waals surface area contributed by atoms with Gasteiger partial charge >= 0.3 is 5.97 Å². The number of carbonyl (C=O) groups is 1. The quantitative estimate of drug-likeness (QED) is 0.852. The topological polar surface area (TPSA) is 49.3 Å². The van der Waals surface area contributed by atoms with Crippen molar-refractivity contribution in [2.75, 3.05) is 6.54 Å². The van der Waals surface area contributed by atoms with Crippen molar-refractivity contribution in [1.29, 1.82) is 0 Å². The third kappa shape index (κ3) is 3.83. The van der Waals surface area contributed by atoms with E-state index in [0.717, 1.165) is 36.7 Å². The zero-order chi connectivity index (χ0) is 14.5. The molecule has 2 rings (SSSR count). The van der Waals surface area contributed by atoms with Crippen LogP contribution in [-0.4, -0.2) is 17.6 Å². The van der Waals surface area contributed by atoms with E-state index in [-0.39, 0.29) is 17.9 Å². The maximum absolute atomic E-state index is 11.3. The fourth-order valence-corrected chi connectivity index (χ4v) is 3.67. The van der Waals surface area contributed by atoms with Gasteiger partial charge in [-0.3, -0.25) is 4.79 Å². The van der Waals surface area contributed by atoms with E-state index in [0.29, 0.717) is 0 Å². The van der Waals surface area contributed by atoms with Crippen LogP contribution in [-0.2, 0) is 4.79 Å². The van der Waals surface area contributed by atoms with Gasteiger partial charge in [0.25, 0.3) is 0 Å². The number of halogens is 1. The molecule has 3 nitrogen and oxygen atoms in total. The van der Waals surface area contributed by atoms with E-state index in [1.807, 2.05) is 18.2 Å². The molecule has 0 amide bonds.